The van der Waals surface area contributed by atoms with Gasteiger partial charge in [0.2, 0.25) is 0 Å². The molecule has 1 aromatic carbocycles. The fourth-order valence-corrected chi connectivity index (χ4v) is 2.48. The molecule has 0 aliphatic carbocycles. The van der Waals surface area contributed by atoms with Crippen LogP contribution in [0.25, 0.3) is 0 Å². The van der Waals surface area contributed by atoms with Crippen LogP contribution in [-0.2, 0) is 6.42 Å². The van der Waals surface area contributed by atoms with Crippen LogP contribution >= 0.6 is 0 Å². The standard InChI is InChI=1S/C21H27N3O2/c1-16(2)13-15-23-21(26)19-12-6-11-18(24-19)20(25)22-14-7-10-17-8-4-3-5-9-17/h3-6,8-9,11-12,16H,7,10,13-15H2,1-2H3,(H,22,25)(H,23,26). The van der Waals surface area contributed by atoms with Gasteiger partial charge in [0.25, 0.3) is 11.8 Å². The van der Waals surface area contributed by atoms with E-state index in [0.717, 1.165) is 19.3 Å². The molecule has 5 nitrogen and oxygen atoms in total. The molecule has 0 radical (unpaired) electrons. The Labute approximate surface area is 155 Å². The fourth-order valence-electron chi connectivity index (χ4n) is 2.48. The van der Waals surface area contributed by atoms with E-state index in [1.54, 1.807) is 18.2 Å². The van der Waals surface area contributed by atoms with E-state index in [1.807, 2.05) is 18.2 Å². The molecule has 138 valence electrons. The third-order valence-electron chi connectivity index (χ3n) is 3.99. The lowest BCUT2D eigenvalue weighted by atomic mass is 10.1. The number of hydrogen-bond donors (Lipinski definition) is 2. The zero-order chi connectivity index (χ0) is 18.8. The van der Waals surface area contributed by atoms with Crippen molar-refractivity contribution in [1.82, 2.24) is 15.6 Å². The molecule has 1 aromatic heterocycles. The van der Waals surface area contributed by atoms with Gasteiger partial charge in [0.1, 0.15) is 11.4 Å². The lowest BCUT2D eigenvalue weighted by molar-refractivity contribution is 0.0943. The summed E-state index contributed by atoms with van der Waals surface area (Å²) in [6.07, 6.45) is 2.67. The lowest BCUT2D eigenvalue weighted by Gasteiger charge is -2.08. The minimum atomic E-state index is -0.255. The topological polar surface area (TPSA) is 71.1 Å². The number of carbonyl (C=O) groups is 2. The van der Waals surface area contributed by atoms with E-state index in [0.29, 0.717) is 19.0 Å². The molecule has 0 saturated heterocycles. The smallest absolute Gasteiger partial charge is 0.269 e. The summed E-state index contributed by atoms with van der Waals surface area (Å²) in [6, 6.07) is 15.1. The molecule has 2 N–H and O–H groups in total. The number of hydrogen-bond acceptors (Lipinski definition) is 3. The number of amides is 2. The van der Waals surface area contributed by atoms with Crippen LogP contribution in [0.2, 0.25) is 0 Å². The van der Waals surface area contributed by atoms with Crippen molar-refractivity contribution in [2.75, 3.05) is 13.1 Å². The maximum Gasteiger partial charge on any atom is 0.269 e. The van der Waals surface area contributed by atoms with E-state index in [1.165, 1.54) is 5.56 Å². The maximum atomic E-state index is 12.2. The van der Waals surface area contributed by atoms with Crippen LogP contribution < -0.4 is 10.6 Å². The SMILES string of the molecule is CC(C)CCNC(=O)c1cccc(C(=O)NCCCc2ccccc2)n1. The summed E-state index contributed by atoms with van der Waals surface area (Å²) in [6.45, 7) is 5.38. The highest BCUT2D eigenvalue weighted by Gasteiger charge is 2.12. The van der Waals surface area contributed by atoms with Crippen molar-refractivity contribution in [3.05, 3.63) is 65.5 Å². The third kappa shape index (κ3) is 6.67. The van der Waals surface area contributed by atoms with Gasteiger partial charge in [-0.2, -0.15) is 0 Å². The maximum absolute atomic E-state index is 12.2. The van der Waals surface area contributed by atoms with Crippen LogP contribution in [0.15, 0.2) is 48.5 Å². The molecule has 0 aliphatic heterocycles. The van der Waals surface area contributed by atoms with Crippen molar-refractivity contribution in [2.45, 2.75) is 33.1 Å². The van der Waals surface area contributed by atoms with Crippen molar-refractivity contribution in [3.63, 3.8) is 0 Å². The number of carbonyl (C=O) groups excluding carboxylic acids is 2. The van der Waals surface area contributed by atoms with Crippen LogP contribution in [0, 0.1) is 5.92 Å². The lowest BCUT2D eigenvalue weighted by Crippen LogP contribution is -2.29. The number of aromatic nitrogens is 1. The number of nitrogens with one attached hydrogen (secondary N) is 2. The van der Waals surface area contributed by atoms with Crippen molar-refractivity contribution in [1.29, 1.82) is 0 Å². The third-order valence-corrected chi connectivity index (χ3v) is 3.99. The Morgan fingerprint density at radius 3 is 2.12 bits per heavy atom. The van der Waals surface area contributed by atoms with Gasteiger partial charge in [-0.15, -0.1) is 0 Å². The zero-order valence-corrected chi connectivity index (χ0v) is 15.5. The van der Waals surface area contributed by atoms with Gasteiger partial charge in [-0.05, 0) is 42.9 Å². The van der Waals surface area contributed by atoms with E-state index in [4.69, 9.17) is 0 Å². The fraction of sp³-hybridized carbons (Fsp3) is 0.381. The van der Waals surface area contributed by atoms with E-state index < -0.39 is 0 Å². The second-order valence-corrected chi connectivity index (χ2v) is 6.69. The van der Waals surface area contributed by atoms with Gasteiger partial charge >= 0.3 is 0 Å². The summed E-state index contributed by atoms with van der Waals surface area (Å²) >= 11 is 0. The number of nitrogens with zero attached hydrogens (tertiary/aromatic N) is 1. The first-order valence-electron chi connectivity index (χ1n) is 9.13. The molecule has 26 heavy (non-hydrogen) atoms. The summed E-state index contributed by atoms with van der Waals surface area (Å²) < 4.78 is 0. The minimum Gasteiger partial charge on any atom is -0.351 e. The molecule has 2 amide bonds. The molecule has 2 rings (SSSR count). The summed E-state index contributed by atoms with van der Waals surface area (Å²) in [5.41, 5.74) is 1.78. The summed E-state index contributed by atoms with van der Waals surface area (Å²) in [5.74, 6) is 0.0236. The van der Waals surface area contributed by atoms with Crippen LogP contribution in [0.1, 0.15) is 53.2 Å². The van der Waals surface area contributed by atoms with E-state index in [9.17, 15) is 9.59 Å². The van der Waals surface area contributed by atoms with E-state index >= 15 is 0 Å². The molecule has 2 aromatic rings. The van der Waals surface area contributed by atoms with Gasteiger partial charge in [-0.25, -0.2) is 4.98 Å². The predicted molar refractivity (Wildman–Crippen MR) is 103 cm³/mol. The summed E-state index contributed by atoms with van der Waals surface area (Å²) in [5, 5.41) is 5.69. The van der Waals surface area contributed by atoms with E-state index in [2.05, 4.69) is 41.6 Å². The average Bonchev–Trinajstić information content (AvgIpc) is 2.65. The molecular formula is C21H27N3O2. The zero-order valence-electron chi connectivity index (χ0n) is 15.5. The Morgan fingerprint density at radius 2 is 1.50 bits per heavy atom. The Balaban J connectivity index is 1.80. The molecule has 0 bridgehead atoms. The van der Waals surface area contributed by atoms with Gasteiger partial charge < -0.3 is 10.6 Å². The van der Waals surface area contributed by atoms with Gasteiger partial charge in [-0.3, -0.25) is 9.59 Å². The van der Waals surface area contributed by atoms with Crippen LogP contribution in [0.5, 0.6) is 0 Å². The summed E-state index contributed by atoms with van der Waals surface area (Å²) in [7, 11) is 0. The highest BCUT2D eigenvalue weighted by molar-refractivity contribution is 5.96. The van der Waals surface area contributed by atoms with Crippen molar-refractivity contribution in [2.24, 2.45) is 5.92 Å². The monoisotopic (exact) mass is 353 g/mol. The second kappa shape index (κ2) is 10.3. The Morgan fingerprint density at radius 1 is 0.885 bits per heavy atom. The van der Waals surface area contributed by atoms with Gasteiger partial charge in [0.05, 0.1) is 0 Å². The van der Waals surface area contributed by atoms with Crippen LogP contribution in [0.3, 0.4) is 0 Å². The molecule has 0 spiro atoms. The Bertz CT molecular complexity index is 714. The van der Waals surface area contributed by atoms with E-state index in [-0.39, 0.29) is 23.2 Å². The first-order valence-corrected chi connectivity index (χ1v) is 9.13. The van der Waals surface area contributed by atoms with Crippen molar-refractivity contribution < 1.29 is 9.59 Å². The largest absolute Gasteiger partial charge is 0.351 e. The number of pyridine rings is 1. The molecule has 0 unspecified atom stereocenters. The Hall–Kier alpha value is -2.69. The second-order valence-electron chi connectivity index (χ2n) is 6.69. The van der Waals surface area contributed by atoms with Gasteiger partial charge in [0.15, 0.2) is 0 Å². The predicted octanol–water partition coefficient (Wildman–Crippen LogP) is 3.22. The summed E-state index contributed by atoms with van der Waals surface area (Å²) in [4.78, 5) is 28.5. The number of aryl methyl sites for hydroxylation is 1. The molecule has 5 heteroatoms. The molecule has 0 aliphatic rings. The molecular weight excluding hydrogens is 326 g/mol. The van der Waals surface area contributed by atoms with Crippen LogP contribution in [-0.4, -0.2) is 29.9 Å². The first-order chi connectivity index (χ1) is 12.6. The molecule has 0 atom stereocenters. The minimum absolute atomic E-state index is 0.246. The quantitative estimate of drug-likeness (QED) is 0.680. The van der Waals surface area contributed by atoms with Gasteiger partial charge in [-0.1, -0.05) is 50.2 Å². The number of rotatable bonds is 9. The normalized spacial score (nSPS) is 10.6. The highest BCUT2D eigenvalue weighted by Crippen LogP contribution is 2.03. The van der Waals surface area contributed by atoms with Crippen molar-refractivity contribution >= 4 is 11.8 Å². The molecule has 0 fully saturated rings. The highest BCUT2D eigenvalue weighted by atomic mass is 16.2. The Kier molecular flexibility index (Phi) is 7.80. The van der Waals surface area contributed by atoms with Gasteiger partial charge in [0, 0.05) is 13.1 Å². The average molecular weight is 353 g/mol. The van der Waals surface area contributed by atoms with Crippen LogP contribution in [0.4, 0.5) is 0 Å². The molecule has 1 heterocycles. The number of benzene rings is 1. The molecule has 0 saturated carbocycles. The van der Waals surface area contributed by atoms with Crippen molar-refractivity contribution in [3.8, 4) is 0 Å². The first kappa shape index (κ1) is 19.6.